The van der Waals surface area contributed by atoms with E-state index >= 15 is 0 Å². The molecular formula is C18H26N4O2S2. The molecule has 0 unspecified atom stereocenters. The van der Waals surface area contributed by atoms with Crippen LogP contribution in [0.2, 0.25) is 0 Å². The van der Waals surface area contributed by atoms with Crippen LogP contribution in [0.5, 0.6) is 0 Å². The van der Waals surface area contributed by atoms with Crippen LogP contribution in [-0.2, 0) is 10.0 Å². The molecule has 0 saturated heterocycles. The Morgan fingerprint density at radius 1 is 1.23 bits per heavy atom. The van der Waals surface area contributed by atoms with Crippen LogP contribution in [0.4, 0.5) is 5.69 Å². The maximum Gasteiger partial charge on any atom is 0.232 e. The fourth-order valence-corrected chi connectivity index (χ4v) is 5.15. The average Bonchev–Trinajstić information content (AvgIpc) is 2.63. The summed E-state index contributed by atoms with van der Waals surface area (Å²) in [4.78, 5) is 4.79. The quantitative estimate of drug-likeness (QED) is 0.832. The Balaban J connectivity index is 1.67. The number of hydrazone groups is 1. The first-order valence-electron chi connectivity index (χ1n) is 9.08. The molecule has 142 valence electrons. The van der Waals surface area contributed by atoms with Gasteiger partial charge >= 0.3 is 0 Å². The second-order valence-electron chi connectivity index (χ2n) is 6.66. The molecule has 0 radical (unpaired) electrons. The number of anilines is 1. The number of rotatable bonds is 5. The number of aliphatic imine (C=N–C) groups is 1. The van der Waals surface area contributed by atoms with Gasteiger partial charge in [-0.1, -0.05) is 43.2 Å². The molecule has 1 heterocycles. The standard InChI is InChI=1S/C18H26N4O2S2/c1-3-22(26(2,23)24)16-11-9-14(10-12-16)17-13-25-18(21-20-17)19-15-7-5-4-6-8-15/h9-12,15H,3-8,13H2,1-2H3,(H,19,21). The third kappa shape index (κ3) is 4.79. The topological polar surface area (TPSA) is 74.1 Å². The molecule has 1 saturated carbocycles. The lowest BCUT2D eigenvalue weighted by Gasteiger charge is -2.22. The minimum atomic E-state index is -3.26. The SMILES string of the molecule is CCN(c1ccc(C2=NNC(=NC3CCCCC3)SC2)cc1)S(C)(=O)=O. The second kappa shape index (κ2) is 8.43. The third-order valence-corrected chi connectivity index (χ3v) is 6.84. The molecule has 2 aliphatic rings. The van der Waals surface area contributed by atoms with Gasteiger partial charge in [-0.3, -0.25) is 14.7 Å². The largest absolute Gasteiger partial charge is 0.271 e. The van der Waals surface area contributed by atoms with Gasteiger partial charge < -0.3 is 0 Å². The Labute approximate surface area is 160 Å². The van der Waals surface area contributed by atoms with E-state index in [-0.39, 0.29) is 0 Å². The zero-order valence-electron chi connectivity index (χ0n) is 15.3. The Kier molecular flexibility index (Phi) is 6.24. The fourth-order valence-electron chi connectivity index (χ4n) is 3.34. The Hall–Kier alpha value is -1.54. The van der Waals surface area contributed by atoms with Crippen LogP contribution < -0.4 is 9.73 Å². The predicted octanol–water partition coefficient (Wildman–Crippen LogP) is 3.20. The van der Waals surface area contributed by atoms with Crippen LogP contribution in [0.25, 0.3) is 0 Å². The molecule has 0 amide bonds. The molecule has 26 heavy (non-hydrogen) atoms. The molecule has 6 nitrogen and oxygen atoms in total. The number of hydrogen-bond acceptors (Lipinski definition) is 5. The fraction of sp³-hybridized carbons (Fsp3) is 0.556. The van der Waals surface area contributed by atoms with Gasteiger partial charge in [0.1, 0.15) is 0 Å². The highest BCUT2D eigenvalue weighted by molar-refractivity contribution is 8.14. The molecule has 0 atom stereocenters. The van der Waals surface area contributed by atoms with Crippen LogP contribution >= 0.6 is 11.8 Å². The summed E-state index contributed by atoms with van der Waals surface area (Å²) in [5.74, 6) is 0.765. The van der Waals surface area contributed by atoms with Crippen molar-refractivity contribution in [1.29, 1.82) is 0 Å². The molecule has 0 spiro atoms. The van der Waals surface area contributed by atoms with Crippen molar-refractivity contribution in [2.45, 2.75) is 45.1 Å². The van der Waals surface area contributed by atoms with Gasteiger partial charge in [0.25, 0.3) is 0 Å². The molecular weight excluding hydrogens is 368 g/mol. The van der Waals surface area contributed by atoms with Gasteiger partial charge in [0, 0.05) is 12.3 Å². The van der Waals surface area contributed by atoms with Crippen LogP contribution in [0, 0.1) is 0 Å². The zero-order valence-corrected chi connectivity index (χ0v) is 16.9. The van der Waals surface area contributed by atoms with E-state index in [9.17, 15) is 8.42 Å². The van der Waals surface area contributed by atoms with Crippen molar-refractivity contribution in [1.82, 2.24) is 5.43 Å². The summed E-state index contributed by atoms with van der Waals surface area (Å²) in [5.41, 5.74) is 5.70. The molecule has 8 heteroatoms. The van der Waals surface area contributed by atoms with E-state index in [0.717, 1.165) is 22.2 Å². The number of nitrogens with zero attached hydrogens (tertiary/aromatic N) is 3. The van der Waals surface area contributed by atoms with E-state index in [4.69, 9.17) is 4.99 Å². The molecule has 1 aromatic carbocycles. The molecule has 1 aliphatic carbocycles. The maximum absolute atomic E-state index is 11.8. The Morgan fingerprint density at radius 2 is 1.92 bits per heavy atom. The van der Waals surface area contributed by atoms with E-state index in [2.05, 4.69) is 10.5 Å². The van der Waals surface area contributed by atoms with Crippen LogP contribution in [-0.4, -0.2) is 43.9 Å². The van der Waals surface area contributed by atoms with Gasteiger partial charge in [0.2, 0.25) is 10.0 Å². The van der Waals surface area contributed by atoms with Gasteiger partial charge in [-0.2, -0.15) is 5.10 Å². The smallest absolute Gasteiger partial charge is 0.232 e. The minimum absolute atomic E-state index is 0.414. The number of thioether (sulfide) groups is 1. The van der Waals surface area contributed by atoms with Crippen molar-refractivity contribution in [3.63, 3.8) is 0 Å². The number of nitrogens with one attached hydrogen (secondary N) is 1. The number of amidine groups is 1. The van der Waals surface area contributed by atoms with Crippen LogP contribution in [0.1, 0.15) is 44.6 Å². The second-order valence-corrected chi connectivity index (χ2v) is 9.53. The molecule has 0 aromatic heterocycles. The molecule has 1 aromatic rings. The molecule has 0 bridgehead atoms. The van der Waals surface area contributed by atoms with Crippen molar-refractivity contribution in [2.75, 3.05) is 22.9 Å². The molecule has 1 aliphatic heterocycles. The van der Waals surface area contributed by atoms with Crippen LogP contribution in [0.15, 0.2) is 34.4 Å². The highest BCUT2D eigenvalue weighted by atomic mass is 32.2. The van der Waals surface area contributed by atoms with E-state index in [1.54, 1.807) is 11.8 Å². The lowest BCUT2D eigenvalue weighted by molar-refractivity contribution is 0.443. The summed E-state index contributed by atoms with van der Waals surface area (Å²) in [5, 5.41) is 5.38. The van der Waals surface area contributed by atoms with Crippen molar-refractivity contribution < 1.29 is 8.42 Å². The Morgan fingerprint density at radius 3 is 2.46 bits per heavy atom. The minimum Gasteiger partial charge on any atom is -0.271 e. The normalized spacial score (nSPS) is 20.5. The highest BCUT2D eigenvalue weighted by Crippen LogP contribution is 2.23. The lowest BCUT2D eigenvalue weighted by Crippen LogP contribution is -2.29. The van der Waals surface area contributed by atoms with Crippen molar-refractivity contribution >= 4 is 38.4 Å². The number of benzene rings is 1. The summed E-state index contributed by atoms with van der Waals surface area (Å²) in [6, 6.07) is 7.95. The predicted molar refractivity (Wildman–Crippen MR) is 111 cm³/mol. The van der Waals surface area contributed by atoms with Crippen LogP contribution in [0.3, 0.4) is 0 Å². The van der Waals surface area contributed by atoms with E-state index in [0.29, 0.717) is 18.3 Å². The van der Waals surface area contributed by atoms with Crippen molar-refractivity contribution in [2.24, 2.45) is 10.1 Å². The summed E-state index contributed by atoms with van der Waals surface area (Å²) in [6.45, 7) is 2.24. The maximum atomic E-state index is 11.8. The first-order chi connectivity index (χ1) is 12.5. The number of sulfonamides is 1. The third-order valence-electron chi connectivity index (χ3n) is 4.68. The summed E-state index contributed by atoms with van der Waals surface area (Å²) >= 11 is 1.68. The summed E-state index contributed by atoms with van der Waals surface area (Å²) in [6.07, 6.45) is 7.46. The van der Waals surface area contributed by atoms with E-state index in [1.807, 2.05) is 31.2 Å². The van der Waals surface area contributed by atoms with Crippen molar-refractivity contribution in [3.8, 4) is 0 Å². The van der Waals surface area contributed by atoms with Gasteiger partial charge in [-0.05, 0) is 37.5 Å². The number of hydrogen-bond donors (Lipinski definition) is 1. The summed E-state index contributed by atoms with van der Waals surface area (Å²) < 4.78 is 25.0. The van der Waals surface area contributed by atoms with Gasteiger partial charge in [-0.25, -0.2) is 8.42 Å². The zero-order chi connectivity index (χ0) is 18.6. The molecule has 1 fully saturated rings. The van der Waals surface area contributed by atoms with Crippen molar-refractivity contribution in [3.05, 3.63) is 29.8 Å². The van der Waals surface area contributed by atoms with Gasteiger partial charge in [-0.15, -0.1) is 0 Å². The first-order valence-corrected chi connectivity index (χ1v) is 11.9. The average molecular weight is 395 g/mol. The van der Waals surface area contributed by atoms with E-state index < -0.39 is 10.0 Å². The summed E-state index contributed by atoms with van der Waals surface area (Å²) in [7, 11) is -3.26. The first kappa shape index (κ1) is 19.2. The molecule has 1 N–H and O–H groups in total. The highest BCUT2D eigenvalue weighted by Gasteiger charge is 2.18. The van der Waals surface area contributed by atoms with E-state index in [1.165, 1.54) is 42.7 Å². The monoisotopic (exact) mass is 394 g/mol. The lowest BCUT2D eigenvalue weighted by atomic mass is 9.96. The molecule has 3 rings (SSSR count). The van der Waals surface area contributed by atoms with Gasteiger partial charge in [0.05, 0.1) is 23.7 Å². The van der Waals surface area contributed by atoms with Gasteiger partial charge in [0.15, 0.2) is 5.17 Å². The Bertz CT molecular complexity index is 782.